The molecule has 0 saturated carbocycles. The maximum atomic E-state index is 10.8. The van der Waals surface area contributed by atoms with E-state index in [2.05, 4.69) is 0 Å². The molecule has 0 saturated heterocycles. The second-order valence-corrected chi connectivity index (χ2v) is 4.46. The van der Waals surface area contributed by atoms with E-state index in [-0.39, 0.29) is 6.42 Å². The van der Waals surface area contributed by atoms with E-state index in [1.54, 1.807) is 12.1 Å². The average Bonchev–Trinajstić information content (AvgIpc) is 2.84. The van der Waals surface area contributed by atoms with Crippen molar-refractivity contribution in [3.05, 3.63) is 59.5 Å². The van der Waals surface area contributed by atoms with Crippen LogP contribution < -0.4 is 0 Å². The number of rotatable bonds is 6. The predicted molar refractivity (Wildman–Crippen MR) is 70.4 cm³/mol. The highest BCUT2D eigenvalue weighted by Crippen LogP contribution is 2.16. The van der Waals surface area contributed by atoms with Crippen molar-refractivity contribution in [3.63, 3.8) is 0 Å². The van der Waals surface area contributed by atoms with Gasteiger partial charge in [0.25, 0.3) is 0 Å². The van der Waals surface area contributed by atoms with Gasteiger partial charge in [-0.05, 0) is 17.7 Å². The Balaban J connectivity index is 2.05. The largest absolute Gasteiger partial charge is 0.481 e. The maximum absolute atomic E-state index is 10.8. The number of benzene rings is 1. The molecule has 0 bridgehead atoms. The number of furan rings is 1. The zero-order chi connectivity index (χ0) is 14.5. The third kappa shape index (κ3) is 3.47. The molecule has 20 heavy (non-hydrogen) atoms. The lowest BCUT2D eigenvalue weighted by Gasteiger charge is -2.04. The highest BCUT2D eigenvalue weighted by atomic mass is 16.4. The summed E-state index contributed by atoms with van der Waals surface area (Å²) in [4.78, 5) is 21.6. The zero-order valence-electron chi connectivity index (χ0n) is 10.7. The fourth-order valence-electron chi connectivity index (χ4n) is 1.91. The maximum Gasteiger partial charge on any atom is 0.318 e. The summed E-state index contributed by atoms with van der Waals surface area (Å²) >= 11 is 0. The van der Waals surface area contributed by atoms with E-state index < -0.39 is 17.9 Å². The molecule has 2 N–H and O–H groups in total. The van der Waals surface area contributed by atoms with E-state index in [0.29, 0.717) is 17.9 Å². The van der Waals surface area contributed by atoms with Crippen LogP contribution in [0.1, 0.15) is 17.1 Å². The van der Waals surface area contributed by atoms with Crippen molar-refractivity contribution < 1.29 is 24.2 Å². The summed E-state index contributed by atoms with van der Waals surface area (Å²) in [6.45, 7) is 0. The third-order valence-corrected chi connectivity index (χ3v) is 2.94. The SMILES string of the molecule is O=C(O)C(Cc1ccc(Cc2ccccc2)o1)C(=O)O. The molecule has 0 aliphatic carbocycles. The van der Waals surface area contributed by atoms with E-state index in [1.165, 1.54) is 0 Å². The molecule has 0 aliphatic rings. The van der Waals surface area contributed by atoms with Gasteiger partial charge < -0.3 is 14.6 Å². The lowest BCUT2D eigenvalue weighted by molar-refractivity contribution is -0.154. The van der Waals surface area contributed by atoms with Crippen molar-refractivity contribution in [1.29, 1.82) is 0 Å². The molecule has 0 unspecified atom stereocenters. The number of carboxylic acids is 2. The summed E-state index contributed by atoms with van der Waals surface area (Å²) < 4.78 is 5.49. The van der Waals surface area contributed by atoms with Crippen molar-refractivity contribution in [2.45, 2.75) is 12.8 Å². The zero-order valence-corrected chi connectivity index (χ0v) is 10.7. The Labute approximate surface area is 115 Å². The third-order valence-electron chi connectivity index (χ3n) is 2.94. The minimum Gasteiger partial charge on any atom is -0.481 e. The predicted octanol–water partition coefficient (Wildman–Crippen LogP) is 2.20. The molecule has 0 spiro atoms. The minimum absolute atomic E-state index is 0.153. The Kier molecular flexibility index (Phi) is 4.20. The first-order valence-corrected chi connectivity index (χ1v) is 6.13. The molecular formula is C15H14O5. The fraction of sp³-hybridized carbons (Fsp3) is 0.200. The lowest BCUT2D eigenvalue weighted by Crippen LogP contribution is -2.25. The molecule has 1 heterocycles. The minimum atomic E-state index is -1.48. The average molecular weight is 274 g/mol. The van der Waals surface area contributed by atoms with Crippen LogP contribution in [0.25, 0.3) is 0 Å². The highest BCUT2D eigenvalue weighted by Gasteiger charge is 2.27. The number of carboxylic acid groups (broad SMARTS) is 2. The summed E-state index contributed by atoms with van der Waals surface area (Å²) in [5.74, 6) is -3.16. The van der Waals surface area contributed by atoms with Gasteiger partial charge in [0.2, 0.25) is 0 Å². The molecule has 0 atom stereocenters. The molecular weight excluding hydrogens is 260 g/mol. The fourth-order valence-corrected chi connectivity index (χ4v) is 1.91. The Bertz CT molecular complexity index is 586. The van der Waals surface area contributed by atoms with Gasteiger partial charge in [0.1, 0.15) is 11.5 Å². The van der Waals surface area contributed by atoms with Crippen LogP contribution in [0.4, 0.5) is 0 Å². The molecule has 1 aromatic carbocycles. The van der Waals surface area contributed by atoms with Crippen molar-refractivity contribution in [2.24, 2.45) is 5.92 Å². The van der Waals surface area contributed by atoms with Gasteiger partial charge in [-0.25, -0.2) is 0 Å². The molecule has 5 heteroatoms. The van der Waals surface area contributed by atoms with Crippen molar-refractivity contribution in [2.75, 3.05) is 0 Å². The van der Waals surface area contributed by atoms with Gasteiger partial charge in [-0.2, -0.15) is 0 Å². The van der Waals surface area contributed by atoms with Crippen LogP contribution in [-0.2, 0) is 22.4 Å². The topological polar surface area (TPSA) is 87.7 Å². The highest BCUT2D eigenvalue weighted by molar-refractivity contribution is 5.93. The first-order chi connectivity index (χ1) is 9.56. The molecule has 0 aliphatic heterocycles. The van der Waals surface area contributed by atoms with E-state index in [1.807, 2.05) is 30.3 Å². The number of aliphatic carboxylic acids is 2. The standard InChI is InChI=1S/C15H14O5/c16-14(17)13(15(18)19)9-12-7-6-11(20-12)8-10-4-2-1-3-5-10/h1-7,13H,8-9H2,(H,16,17)(H,18,19). The van der Waals surface area contributed by atoms with Gasteiger partial charge in [-0.15, -0.1) is 0 Å². The number of hydrogen-bond donors (Lipinski definition) is 2. The van der Waals surface area contributed by atoms with Crippen LogP contribution in [-0.4, -0.2) is 22.2 Å². The molecule has 2 aromatic rings. The van der Waals surface area contributed by atoms with Crippen LogP contribution >= 0.6 is 0 Å². The molecule has 2 rings (SSSR count). The van der Waals surface area contributed by atoms with Crippen molar-refractivity contribution >= 4 is 11.9 Å². The Morgan fingerprint density at radius 1 is 0.950 bits per heavy atom. The summed E-state index contributed by atoms with van der Waals surface area (Å²) in [5, 5.41) is 17.6. The van der Waals surface area contributed by atoms with E-state index in [0.717, 1.165) is 5.56 Å². The van der Waals surface area contributed by atoms with E-state index in [4.69, 9.17) is 14.6 Å². The Morgan fingerprint density at radius 2 is 1.55 bits per heavy atom. The summed E-state index contributed by atoms with van der Waals surface area (Å²) in [6, 6.07) is 13.0. The molecule has 1 aromatic heterocycles. The second-order valence-electron chi connectivity index (χ2n) is 4.46. The van der Waals surface area contributed by atoms with Gasteiger partial charge in [0, 0.05) is 12.8 Å². The Hall–Kier alpha value is -2.56. The summed E-state index contributed by atoms with van der Waals surface area (Å²) in [6.07, 6.45) is 0.436. The molecule has 0 fully saturated rings. The number of hydrogen-bond acceptors (Lipinski definition) is 3. The van der Waals surface area contributed by atoms with Crippen LogP contribution in [0.5, 0.6) is 0 Å². The quantitative estimate of drug-likeness (QED) is 0.788. The van der Waals surface area contributed by atoms with E-state index in [9.17, 15) is 9.59 Å². The van der Waals surface area contributed by atoms with Crippen molar-refractivity contribution in [1.82, 2.24) is 0 Å². The van der Waals surface area contributed by atoms with Gasteiger partial charge in [-0.1, -0.05) is 30.3 Å². The number of carbonyl (C=O) groups is 2. The molecule has 0 radical (unpaired) electrons. The van der Waals surface area contributed by atoms with Crippen LogP contribution in [0.2, 0.25) is 0 Å². The van der Waals surface area contributed by atoms with Crippen molar-refractivity contribution in [3.8, 4) is 0 Å². The first kappa shape index (κ1) is 13.9. The second kappa shape index (κ2) is 6.06. The van der Waals surface area contributed by atoms with Crippen LogP contribution in [0.3, 0.4) is 0 Å². The molecule has 5 nitrogen and oxygen atoms in total. The van der Waals surface area contributed by atoms with Crippen LogP contribution in [0.15, 0.2) is 46.9 Å². The van der Waals surface area contributed by atoms with Gasteiger partial charge >= 0.3 is 11.9 Å². The molecule has 104 valence electrons. The molecule has 0 amide bonds. The van der Waals surface area contributed by atoms with Gasteiger partial charge in [0.15, 0.2) is 5.92 Å². The summed E-state index contributed by atoms with van der Waals surface area (Å²) in [5.41, 5.74) is 1.07. The monoisotopic (exact) mass is 274 g/mol. The Morgan fingerprint density at radius 3 is 2.15 bits per heavy atom. The van der Waals surface area contributed by atoms with Crippen LogP contribution in [0, 0.1) is 5.92 Å². The first-order valence-electron chi connectivity index (χ1n) is 6.13. The smallest absolute Gasteiger partial charge is 0.318 e. The van der Waals surface area contributed by atoms with Gasteiger partial charge in [0.05, 0.1) is 0 Å². The summed E-state index contributed by atoms with van der Waals surface area (Å²) in [7, 11) is 0. The normalized spacial score (nSPS) is 10.7. The lowest BCUT2D eigenvalue weighted by atomic mass is 10.1. The van der Waals surface area contributed by atoms with E-state index >= 15 is 0 Å². The van der Waals surface area contributed by atoms with Gasteiger partial charge in [-0.3, -0.25) is 9.59 Å².